The predicted molar refractivity (Wildman–Crippen MR) is 53.0 cm³/mol. The molecular formula is C11H14O3. The molecule has 1 aromatic rings. The summed E-state index contributed by atoms with van der Waals surface area (Å²) in [4.78, 5) is 11.5. The fraction of sp³-hybridized carbons (Fsp3) is 0.364. The molecule has 0 amide bonds. The van der Waals surface area contributed by atoms with Gasteiger partial charge in [-0.25, -0.2) is 0 Å². The van der Waals surface area contributed by atoms with Crippen LogP contribution >= 0.6 is 0 Å². The van der Waals surface area contributed by atoms with Crippen molar-refractivity contribution in [1.82, 2.24) is 0 Å². The first-order chi connectivity index (χ1) is 6.77. The summed E-state index contributed by atoms with van der Waals surface area (Å²) in [6.07, 6.45) is -0.414. The Morgan fingerprint density at radius 1 is 1.21 bits per heavy atom. The molecule has 0 unspecified atom stereocenters. The molecule has 0 aliphatic heterocycles. The highest BCUT2D eigenvalue weighted by Crippen LogP contribution is 2.04. The summed E-state index contributed by atoms with van der Waals surface area (Å²) in [5.41, 5.74) is 0.969. The van der Waals surface area contributed by atoms with Crippen LogP contribution in [0.3, 0.4) is 0 Å². The van der Waals surface area contributed by atoms with Crippen LogP contribution in [0.4, 0.5) is 0 Å². The average Bonchev–Trinajstić information content (AvgIpc) is 2.21. The molecule has 3 nitrogen and oxygen atoms in total. The second-order valence-corrected chi connectivity index (χ2v) is 2.93. The van der Waals surface area contributed by atoms with E-state index >= 15 is 0 Å². The highest BCUT2D eigenvalue weighted by molar-refractivity contribution is 5.84. The Hall–Kier alpha value is -1.19. The number of carbonyl (C=O) groups excluding carboxylic acids is 1. The number of methoxy groups -OCH3 is 2. The molecule has 14 heavy (non-hydrogen) atoms. The first-order valence-corrected chi connectivity index (χ1v) is 4.40. The topological polar surface area (TPSA) is 35.5 Å². The van der Waals surface area contributed by atoms with Crippen LogP contribution in [-0.2, 0) is 20.7 Å². The van der Waals surface area contributed by atoms with Crippen LogP contribution in [0.1, 0.15) is 5.56 Å². The van der Waals surface area contributed by atoms with Crippen molar-refractivity contribution in [2.45, 2.75) is 12.7 Å². The van der Waals surface area contributed by atoms with Crippen molar-refractivity contribution in [2.75, 3.05) is 14.2 Å². The minimum Gasteiger partial charge on any atom is -0.349 e. The summed E-state index contributed by atoms with van der Waals surface area (Å²) in [7, 11) is 2.91. The summed E-state index contributed by atoms with van der Waals surface area (Å²) in [6.45, 7) is 0. The molecular weight excluding hydrogens is 180 g/mol. The molecule has 1 rings (SSSR count). The zero-order valence-corrected chi connectivity index (χ0v) is 8.40. The second-order valence-electron chi connectivity index (χ2n) is 2.93. The van der Waals surface area contributed by atoms with Crippen LogP contribution < -0.4 is 0 Å². The normalized spacial score (nSPS) is 10.5. The molecule has 0 atom stereocenters. The van der Waals surface area contributed by atoms with Crippen LogP contribution in [-0.4, -0.2) is 26.3 Å². The number of ketones is 1. The number of rotatable bonds is 5. The lowest BCUT2D eigenvalue weighted by Crippen LogP contribution is -2.26. The SMILES string of the molecule is COC(OC)C(=O)Cc1ccccc1. The van der Waals surface area contributed by atoms with Crippen LogP contribution in [0.25, 0.3) is 0 Å². The summed E-state index contributed by atoms with van der Waals surface area (Å²) in [6, 6.07) is 9.52. The van der Waals surface area contributed by atoms with E-state index in [0.717, 1.165) is 5.56 Å². The van der Waals surface area contributed by atoms with E-state index in [-0.39, 0.29) is 5.78 Å². The van der Waals surface area contributed by atoms with E-state index < -0.39 is 6.29 Å². The van der Waals surface area contributed by atoms with Gasteiger partial charge in [-0.1, -0.05) is 30.3 Å². The van der Waals surface area contributed by atoms with Crippen molar-refractivity contribution < 1.29 is 14.3 Å². The van der Waals surface area contributed by atoms with Gasteiger partial charge in [0.2, 0.25) is 6.29 Å². The van der Waals surface area contributed by atoms with Crippen LogP contribution in [0.5, 0.6) is 0 Å². The fourth-order valence-corrected chi connectivity index (χ4v) is 1.24. The first-order valence-electron chi connectivity index (χ1n) is 4.40. The number of Topliss-reactive ketones (excluding diaryl/α,β-unsaturated/α-hetero) is 1. The number of hydrogen-bond donors (Lipinski definition) is 0. The highest BCUT2D eigenvalue weighted by Gasteiger charge is 2.16. The maximum Gasteiger partial charge on any atom is 0.217 e. The zero-order chi connectivity index (χ0) is 10.4. The van der Waals surface area contributed by atoms with Gasteiger partial charge >= 0.3 is 0 Å². The van der Waals surface area contributed by atoms with E-state index in [1.54, 1.807) is 0 Å². The molecule has 0 bridgehead atoms. The largest absolute Gasteiger partial charge is 0.349 e. The Morgan fingerprint density at radius 3 is 2.29 bits per heavy atom. The van der Waals surface area contributed by atoms with Crippen molar-refractivity contribution >= 4 is 5.78 Å². The van der Waals surface area contributed by atoms with Gasteiger partial charge in [0, 0.05) is 20.6 Å². The summed E-state index contributed by atoms with van der Waals surface area (Å²) < 4.78 is 9.72. The Labute approximate surface area is 83.6 Å². The maximum atomic E-state index is 11.5. The Balaban J connectivity index is 2.57. The second kappa shape index (κ2) is 5.52. The monoisotopic (exact) mass is 194 g/mol. The molecule has 76 valence electrons. The highest BCUT2D eigenvalue weighted by atomic mass is 16.7. The molecule has 0 aliphatic rings. The van der Waals surface area contributed by atoms with E-state index in [1.807, 2.05) is 30.3 Å². The van der Waals surface area contributed by atoms with Crippen molar-refractivity contribution in [3.8, 4) is 0 Å². The molecule has 0 aliphatic carbocycles. The molecule has 0 N–H and O–H groups in total. The summed E-state index contributed by atoms with van der Waals surface area (Å²) in [5, 5.41) is 0. The zero-order valence-electron chi connectivity index (χ0n) is 8.40. The fourth-order valence-electron chi connectivity index (χ4n) is 1.24. The first kappa shape index (κ1) is 10.9. The predicted octanol–water partition coefficient (Wildman–Crippen LogP) is 1.42. The van der Waals surface area contributed by atoms with Gasteiger partial charge in [0.15, 0.2) is 5.78 Å². The smallest absolute Gasteiger partial charge is 0.217 e. The van der Waals surface area contributed by atoms with E-state index in [4.69, 9.17) is 9.47 Å². The van der Waals surface area contributed by atoms with Gasteiger partial charge in [-0.2, -0.15) is 0 Å². The Bertz CT molecular complexity index is 278. The lowest BCUT2D eigenvalue weighted by molar-refractivity contribution is -0.155. The Kier molecular flexibility index (Phi) is 4.29. The number of benzene rings is 1. The summed E-state index contributed by atoms with van der Waals surface area (Å²) in [5.74, 6) is -0.0683. The minimum absolute atomic E-state index is 0.0683. The molecule has 1 aromatic carbocycles. The molecule has 3 heteroatoms. The number of ether oxygens (including phenoxy) is 2. The molecule has 0 heterocycles. The van der Waals surface area contributed by atoms with Gasteiger partial charge < -0.3 is 9.47 Å². The third-order valence-electron chi connectivity index (χ3n) is 1.91. The van der Waals surface area contributed by atoms with Gasteiger partial charge in [-0.3, -0.25) is 4.79 Å². The van der Waals surface area contributed by atoms with E-state index in [1.165, 1.54) is 14.2 Å². The van der Waals surface area contributed by atoms with E-state index in [9.17, 15) is 4.79 Å². The molecule has 0 fully saturated rings. The van der Waals surface area contributed by atoms with Crippen molar-refractivity contribution in [3.05, 3.63) is 35.9 Å². The standard InChI is InChI=1S/C11H14O3/c1-13-11(14-2)10(12)8-9-6-4-3-5-7-9/h3-7,11H,8H2,1-2H3. The third-order valence-corrected chi connectivity index (χ3v) is 1.91. The van der Waals surface area contributed by atoms with Gasteiger partial charge in [-0.05, 0) is 5.56 Å². The van der Waals surface area contributed by atoms with Gasteiger partial charge in [0.05, 0.1) is 0 Å². The lowest BCUT2D eigenvalue weighted by atomic mass is 10.1. The lowest BCUT2D eigenvalue weighted by Gasteiger charge is -2.11. The van der Waals surface area contributed by atoms with Crippen LogP contribution in [0, 0.1) is 0 Å². The van der Waals surface area contributed by atoms with E-state index in [2.05, 4.69) is 0 Å². The van der Waals surface area contributed by atoms with Crippen LogP contribution in [0.2, 0.25) is 0 Å². The van der Waals surface area contributed by atoms with Gasteiger partial charge in [0.25, 0.3) is 0 Å². The minimum atomic E-state index is -0.754. The van der Waals surface area contributed by atoms with Gasteiger partial charge in [-0.15, -0.1) is 0 Å². The molecule has 0 spiro atoms. The van der Waals surface area contributed by atoms with Crippen molar-refractivity contribution in [2.24, 2.45) is 0 Å². The van der Waals surface area contributed by atoms with E-state index in [0.29, 0.717) is 6.42 Å². The summed E-state index contributed by atoms with van der Waals surface area (Å²) >= 11 is 0. The number of carbonyl (C=O) groups is 1. The number of hydrogen-bond acceptors (Lipinski definition) is 3. The molecule has 0 radical (unpaired) electrons. The maximum absolute atomic E-state index is 11.5. The average molecular weight is 194 g/mol. The molecule has 0 saturated heterocycles. The van der Waals surface area contributed by atoms with Crippen molar-refractivity contribution in [1.29, 1.82) is 0 Å². The molecule has 0 aromatic heterocycles. The Morgan fingerprint density at radius 2 is 1.79 bits per heavy atom. The quantitative estimate of drug-likeness (QED) is 0.665. The third kappa shape index (κ3) is 2.94. The van der Waals surface area contributed by atoms with Crippen molar-refractivity contribution in [3.63, 3.8) is 0 Å². The van der Waals surface area contributed by atoms with Gasteiger partial charge in [0.1, 0.15) is 0 Å². The molecule has 0 saturated carbocycles. The van der Waals surface area contributed by atoms with Crippen LogP contribution in [0.15, 0.2) is 30.3 Å².